The molecule has 0 atom stereocenters. The monoisotopic (exact) mass is 238 g/mol. The molecule has 72 valence electrons. The first-order valence-corrected chi connectivity index (χ1v) is 6.71. The maximum atomic E-state index is 10.8. The number of halogens is 1. The Morgan fingerprint density at radius 2 is 2.31 bits per heavy atom. The van der Waals surface area contributed by atoms with Crippen LogP contribution in [0.2, 0.25) is 5.15 Å². The van der Waals surface area contributed by atoms with E-state index in [-0.39, 0.29) is 17.5 Å². The van der Waals surface area contributed by atoms with E-state index in [1.807, 2.05) is 0 Å². The number of sulfone groups is 1. The molecule has 1 aliphatic heterocycles. The molecule has 1 fully saturated rings. The van der Waals surface area contributed by atoms with E-state index in [0.717, 1.165) is 0 Å². The van der Waals surface area contributed by atoms with Crippen molar-refractivity contribution in [1.82, 2.24) is 4.98 Å². The SMILES string of the molecule is O=S1(=O)CC(Nc2nc(Cl)cs2)C1. The van der Waals surface area contributed by atoms with E-state index < -0.39 is 9.84 Å². The molecule has 0 aromatic carbocycles. The lowest BCUT2D eigenvalue weighted by Gasteiger charge is -2.26. The summed E-state index contributed by atoms with van der Waals surface area (Å²) in [6.45, 7) is 0. The van der Waals surface area contributed by atoms with Crippen LogP contribution in [-0.2, 0) is 9.84 Å². The van der Waals surface area contributed by atoms with E-state index >= 15 is 0 Å². The number of nitrogens with zero attached hydrogens (tertiary/aromatic N) is 1. The highest BCUT2D eigenvalue weighted by atomic mass is 35.5. The van der Waals surface area contributed by atoms with Crippen LogP contribution in [0.25, 0.3) is 0 Å². The summed E-state index contributed by atoms with van der Waals surface area (Å²) in [5, 5.41) is 5.83. The molecule has 1 aromatic heterocycles. The highest BCUT2D eigenvalue weighted by Gasteiger charge is 2.33. The van der Waals surface area contributed by atoms with Gasteiger partial charge in [-0.3, -0.25) is 0 Å². The predicted molar refractivity (Wildman–Crippen MR) is 53.2 cm³/mol. The lowest BCUT2D eigenvalue weighted by molar-refractivity contribution is 0.570. The van der Waals surface area contributed by atoms with Crippen LogP contribution >= 0.6 is 22.9 Å². The normalized spacial score (nSPS) is 21.0. The Morgan fingerprint density at radius 1 is 1.62 bits per heavy atom. The fourth-order valence-electron chi connectivity index (χ4n) is 1.14. The fraction of sp³-hybridized carbons (Fsp3) is 0.500. The van der Waals surface area contributed by atoms with Crippen LogP contribution in [0.15, 0.2) is 5.38 Å². The average molecular weight is 239 g/mol. The zero-order chi connectivity index (χ0) is 9.47. The van der Waals surface area contributed by atoms with Crippen molar-refractivity contribution >= 4 is 37.9 Å². The van der Waals surface area contributed by atoms with Gasteiger partial charge in [-0.15, -0.1) is 11.3 Å². The number of hydrogen-bond donors (Lipinski definition) is 1. The summed E-state index contributed by atoms with van der Waals surface area (Å²) in [4.78, 5) is 3.96. The van der Waals surface area contributed by atoms with Gasteiger partial charge in [-0.05, 0) is 0 Å². The van der Waals surface area contributed by atoms with Gasteiger partial charge < -0.3 is 5.32 Å². The van der Waals surface area contributed by atoms with E-state index in [0.29, 0.717) is 10.3 Å². The van der Waals surface area contributed by atoms with Gasteiger partial charge >= 0.3 is 0 Å². The minimum absolute atomic E-state index is 0.00668. The van der Waals surface area contributed by atoms with E-state index in [4.69, 9.17) is 11.6 Å². The summed E-state index contributed by atoms with van der Waals surface area (Å²) in [5.74, 6) is 0.397. The molecule has 0 saturated carbocycles. The second-order valence-electron chi connectivity index (χ2n) is 2.89. The van der Waals surface area contributed by atoms with Crippen LogP contribution in [0.4, 0.5) is 5.13 Å². The quantitative estimate of drug-likeness (QED) is 0.836. The lowest BCUT2D eigenvalue weighted by Crippen LogP contribution is -2.46. The van der Waals surface area contributed by atoms with Gasteiger partial charge in [0, 0.05) is 5.38 Å². The second-order valence-corrected chi connectivity index (χ2v) is 6.29. The smallest absolute Gasteiger partial charge is 0.184 e. The first kappa shape index (κ1) is 9.23. The van der Waals surface area contributed by atoms with Crippen molar-refractivity contribution in [2.45, 2.75) is 6.04 Å². The first-order valence-electron chi connectivity index (χ1n) is 3.63. The fourth-order valence-corrected chi connectivity index (χ4v) is 3.35. The number of nitrogens with one attached hydrogen (secondary N) is 1. The Hall–Kier alpha value is -0.330. The summed E-state index contributed by atoms with van der Waals surface area (Å²) in [7, 11) is -2.76. The molecule has 0 spiro atoms. The maximum Gasteiger partial charge on any atom is 0.184 e. The van der Waals surface area contributed by atoms with Gasteiger partial charge in [-0.25, -0.2) is 13.4 Å². The van der Waals surface area contributed by atoms with Crippen molar-refractivity contribution < 1.29 is 8.42 Å². The molecule has 2 heterocycles. The number of hydrogen-bond acceptors (Lipinski definition) is 5. The third-order valence-corrected chi connectivity index (χ3v) is 4.63. The minimum atomic E-state index is -2.76. The van der Waals surface area contributed by atoms with Crippen LogP contribution in [0.1, 0.15) is 0 Å². The summed E-state index contributed by atoms with van der Waals surface area (Å²) in [6, 6.07) is 0.00668. The molecule has 7 heteroatoms. The molecular weight excluding hydrogens is 232 g/mol. The molecule has 4 nitrogen and oxygen atoms in total. The van der Waals surface area contributed by atoms with E-state index in [9.17, 15) is 8.42 Å². The zero-order valence-electron chi connectivity index (χ0n) is 6.53. The molecule has 1 aliphatic rings. The molecule has 2 rings (SSSR count). The van der Waals surface area contributed by atoms with Gasteiger partial charge in [0.15, 0.2) is 15.0 Å². The second kappa shape index (κ2) is 3.11. The van der Waals surface area contributed by atoms with Crippen LogP contribution in [0.3, 0.4) is 0 Å². The minimum Gasteiger partial charge on any atom is -0.357 e. The van der Waals surface area contributed by atoms with Crippen molar-refractivity contribution in [3.63, 3.8) is 0 Å². The van der Waals surface area contributed by atoms with Gasteiger partial charge in [0.25, 0.3) is 0 Å². The van der Waals surface area contributed by atoms with Crippen molar-refractivity contribution in [3.8, 4) is 0 Å². The molecule has 1 N–H and O–H groups in total. The number of anilines is 1. The van der Waals surface area contributed by atoms with Gasteiger partial charge in [0.2, 0.25) is 0 Å². The Bertz CT molecular complexity index is 402. The van der Waals surface area contributed by atoms with Crippen molar-refractivity contribution in [3.05, 3.63) is 10.5 Å². The molecule has 1 aromatic rings. The molecule has 1 saturated heterocycles. The molecule has 13 heavy (non-hydrogen) atoms. The lowest BCUT2D eigenvalue weighted by atomic mass is 10.4. The van der Waals surface area contributed by atoms with Gasteiger partial charge in [0.05, 0.1) is 17.5 Å². The molecule has 0 aliphatic carbocycles. The third-order valence-electron chi connectivity index (χ3n) is 1.71. The maximum absolute atomic E-state index is 10.8. The molecular formula is C6H7ClN2O2S2. The van der Waals surface area contributed by atoms with Crippen LogP contribution in [0, 0.1) is 0 Å². The third kappa shape index (κ3) is 2.12. The van der Waals surface area contributed by atoms with Crippen LogP contribution in [-0.4, -0.2) is 30.9 Å². The summed E-state index contributed by atoms with van der Waals surface area (Å²) in [5.41, 5.74) is 0. The first-order chi connectivity index (χ1) is 6.05. The highest BCUT2D eigenvalue weighted by molar-refractivity contribution is 7.92. The van der Waals surface area contributed by atoms with E-state index in [1.165, 1.54) is 11.3 Å². The molecule has 0 unspecified atom stereocenters. The zero-order valence-corrected chi connectivity index (χ0v) is 8.92. The summed E-state index contributed by atoms with van der Waals surface area (Å²) in [6.07, 6.45) is 0. The van der Waals surface area contributed by atoms with E-state index in [1.54, 1.807) is 5.38 Å². The average Bonchev–Trinajstić information content (AvgIpc) is 2.31. The van der Waals surface area contributed by atoms with Crippen molar-refractivity contribution in [1.29, 1.82) is 0 Å². The number of thiazole rings is 1. The molecule has 0 bridgehead atoms. The summed E-state index contributed by atoms with van der Waals surface area (Å²) >= 11 is 6.98. The standard InChI is InChI=1S/C6H7ClN2O2S2/c7-5-1-12-6(9-5)8-4-2-13(10,11)3-4/h1,4H,2-3H2,(H,8,9). The Kier molecular flexibility index (Phi) is 2.21. The Labute approximate surface area is 84.9 Å². The van der Waals surface area contributed by atoms with Gasteiger partial charge in [-0.2, -0.15) is 0 Å². The van der Waals surface area contributed by atoms with Crippen molar-refractivity contribution in [2.24, 2.45) is 0 Å². The highest BCUT2D eigenvalue weighted by Crippen LogP contribution is 2.22. The van der Waals surface area contributed by atoms with Gasteiger partial charge in [-0.1, -0.05) is 11.6 Å². The topological polar surface area (TPSA) is 59.1 Å². The predicted octanol–water partition coefficient (Wildman–Crippen LogP) is 1.01. The number of rotatable bonds is 2. The van der Waals surface area contributed by atoms with Gasteiger partial charge in [0.1, 0.15) is 5.15 Å². The van der Waals surface area contributed by atoms with Crippen LogP contribution in [0.5, 0.6) is 0 Å². The molecule has 0 radical (unpaired) electrons. The Balaban J connectivity index is 1.94. The summed E-state index contributed by atoms with van der Waals surface area (Å²) < 4.78 is 21.6. The van der Waals surface area contributed by atoms with Crippen LogP contribution < -0.4 is 5.32 Å². The Morgan fingerprint density at radius 3 is 2.77 bits per heavy atom. The van der Waals surface area contributed by atoms with E-state index in [2.05, 4.69) is 10.3 Å². The number of aromatic nitrogens is 1. The molecule has 0 amide bonds. The van der Waals surface area contributed by atoms with Crippen molar-refractivity contribution in [2.75, 3.05) is 16.8 Å². The largest absolute Gasteiger partial charge is 0.357 e.